The first-order valence-corrected chi connectivity index (χ1v) is 7.69. The third kappa shape index (κ3) is 3.62. The molecular weight excluding hydrogens is 220 g/mol. The maximum absolute atomic E-state index is 9.10. The highest BCUT2D eigenvalue weighted by Gasteiger charge is 2.25. The normalized spacial score (nSPS) is 29.4. The lowest BCUT2D eigenvalue weighted by atomic mass is 9.96. The lowest BCUT2D eigenvalue weighted by Gasteiger charge is -2.38. The number of aliphatic hydroxyl groups excluding tert-OH is 1. The summed E-state index contributed by atoms with van der Waals surface area (Å²) in [5.41, 5.74) is 0. The predicted molar refractivity (Wildman–Crippen MR) is 70.0 cm³/mol. The predicted octanol–water partition coefficient (Wildman–Crippen LogP) is 0.786. The summed E-state index contributed by atoms with van der Waals surface area (Å²) < 4.78 is 0. The zero-order valence-corrected chi connectivity index (χ0v) is 10.8. The quantitative estimate of drug-likeness (QED) is 0.766. The molecule has 1 unspecified atom stereocenters. The summed E-state index contributed by atoms with van der Waals surface area (Å²) in [6.07, 6.45) is 3.61. The fourth-order valence-corrected chi connectivity index (χ4v) is 3.92. The maximum Gasteiger partial charge on any atom is 0.0446 e. The van der Waals surface area contributed by atoms with Crippen LogP contribution in [0.5, 0.6) is 0 Å². The van der Waals surface area contributed by atoms with Crippen molar-refractivity contribution in [3.8, 4) is 0 Å². The minimum atomic E-state index is 0.341. The van der Waals surface area contributed by atoms with Gasteiger partial charge in [0.1, 0.15) is 0 Å². The van der Waals surface area contributed by atoms with Gasteiger partial charge in [-0.25, -0.2) is 0 Å². The molecule has 1 atom stereocenters. The monoisotopic (exact) mass is 244 g/mol. The van der Waals surface area contributed by atoms with E-state index in [9.17, 15) is 0 Å². The average Bonchev–Trinajstić information content (AvgIpc) is 2.33. The van der Waals surface area contributed by atoms with Crippen LogP contribution in [0.3, 0.4) is 0 Å². The Balaban J connectivity index is 1.80. The third-order valence-electron chi connectivity index (χ3n) is 3.76. The van der Waals surface area contributed by atoms with E-state index in [2.05, 4.69) is 10.2 Å². The van der Waals surface area contributed by atoms with Crippen molar-refractivity contribution < 1.29 is 5.11 Å². The molecule has 0 aliphatic carbocycles. The molecule has 4 heteroatoms. The second-order valence-electron chi connectivity index (χ2n) is 4.93. The topological polar surface area (TPSA) is 35.5 Å². The lowest BCUT2D eigenvalue weighted by Crippen LogP contribution is -2.46. The molecule has 2 rings (SSSR count). The molecule has 2 N–H and O–H groups in total. The van der Waals surface area contributed by atoms with Gasteiger partial charge in [0.15, 0.2) is 0 Å². The van der Waals surface area contributed by atoms with Crippen LogP contribution in [0.1, 0.15) is 19.3 Å². The minimum Gasteiger partial charge on any atom is -0.396 e. The van der Waals surface area contributed by atoms with Crippen LogP contribution in [0, 0.1) is 5.92 Å². The van der Waals surface area contributed by atoms with Crippen LogP contribution in [-0.4, -0.2) is 60.3 Å². The Morgan fingerprint density at radius 1 is 1.31 bits per heavy atom. The van der Waals surface area contributed by atoms with E-state index in [-0.39, 0.29) is 0 Å². The number of hydrogen-bond donors (Lipinski definition) is 2. The molecular formula is C12H24N2OS. The number of thioether (sulfide) groups is 1. The Bertz CT molecular complexity index is 195. The van der Waals surface area contributed by atoms with Crippen LogP contribution in [0.25, 0.3) is 0 Å². The summed E-state index contributed by atoms with van der Waals surface area (Å²) in [6, 6.07) is 0.624. The van der Waals surface area contributed by atoms with Crippen LogP contribution in [0.15, 0.2) is 0 Å². The molecule has 0 aromatic heterocycles. The largest absolute Gasteiger partial charge is 0.396 e. The smallest absolute Gasteiger partial charge is 0.0446 e. The molecule has 2 heterocycles. The number of aliphatic hydroxyl groups is 1. The Morgan fingerprint density at radius 2 is 2.12 bits per heavy atom. The molecule has 2 aliphatic heterocycles. The number of hydrogen-bond acceptors (Lipinski definition) is 4. The van der Waals surface area contributed by atoms with Crippen molar-refractivity contribution in [1.29, 1.82) is 0 Å². The van der Waals surface area contributed by atoms with Gasteiger partial charge in [-0.15, -0.1) is 0 Å². The molecule has 2 aliphatic rings. The summed E-state index contributed by atoms with van der Waals surface area (Å²) in [6.45, 7) is 5.20. The van der Waals surface area contributed by atoms with Crippen molar-refractivity contribution in [3.63, 3.8) is 0 Å². The molecule has 0 aromatic carbocycles. The van der Waals surface area contributed by atoms with Crippen molar-refractivity contribution >= 4 is 11.8 Å². The van der Waals surface area contributed by atoms with E-state index < -0.39 is 0 Å². The van der Waals surface area contributed by atoms with Crippen molar-refractivity contribution in [2.75, 3.05) is 44.3 Å². The van der Waals surface area contributed by atoms with E-state index in [0.29, 0.717) is 12.6 Å². The van der Waals surface area contributed by atoms with E-state index in [1.54, 1.807) is 0 Å². The van der Waals surface area contributed by atoms with Crippen molar-refractivity contribution in [2.45, 2.75) is 25.3 Å². The van der Waals surface area contributed by atoms with Crippen LogP contribution in [-0.2, 0) is 0 Å². The molecule has 0 spiro atoms. The summed E-state index contributed by atoms with van der Waals surface area (Å²) >= 11 is 2.04. The molecule has 0 saturated carbocycles. The Morgan fingerprint density at radius 3 is 2.88 bits per heavy atom. The second kappa shape index (κ2) is 6.84. The highest BCUT2D eigenvalue weighted by atomic mass is 32.2. The van der Waals surface area contributed by atoms with E-state index >= 15 is 0 Å². The number of nitrogens with one attached hydrogen (secondary N) is 1. The molecule has 16 heavy (non-hydrogen) atoms. The van der Waals surface area contributed by atoms with E-state index in [0.717, 1.165) is 12.3 Å². The van der Waals surface area contributed by atoms with Gasteiger partial charge in [0.25, 0.3) is 0 Å². The summed E-state index contributed by atoms with van der Waals surface area (Å²) in [5.74, 6) is 3.36. The first-order valence-electron chi connectivity index (χ1n) is 6.53. The zero-order chi connectivity index (χ0) is 11.2. The molecule has 0 aromatic rings. The molecule has 94 valence electrons. The van der Waals surface area contributed by atoms with Gasteiger partial charge in [0.2, 0.25) is 0 Å². The fourth-order valence-electron chi connectivity index (χ4n) is 2.74. The molecule has 3 nitrogen and oxygen atoms in total. The van der Waals surface area contributed by atoms with Gasteiger partial charge in [-0.2, -0.15) is 11.8 Å². The Labute approximate surface area is 103 Å². The van der Waals surface area contributed by atoms with Gasteiger partial charge in [0, 0.05) is 37.2 Å². The lowest BCUT2D eigenvalue weighted by molar-refractivity contribution is 0.141. The number of piperidine rings is 1. The van der Waals surface area contributed by atoms with Crippen molar-refractivity contribution in [3.05, 3.63) is 0 Å². The summed E-state index contributed by atoms with van der Waals surface area (Å²) in [5, 5.41) is 12.5. The molecule has 2 saturated heterocycles. The molecule has 0 radical (unpaired) electrons. The minimum absolute atomic E-state index is 0.341. The van der Waals surface area contributed by atoms with Crippen molar-refractivity contribution in [1.82, 2.24) is 10.2 Å². The van der Waals surface area contributed by atoms with Crippen LogP contribution in [0.4, 0.5) is 0 Å². The first kappa shape index (κ1) is 12.7. The second-order valence-corrected chi connectivity index (χ2v) is 6.08. The van der Waals surface area contributed by atoms with Crippen LogP contribution < -0.4 is 5.32 Å². The summed E-state index contributed by atoms with van der Waals surface area (Å²) in [4.78, 5) is 2.63. The molecule has 2 fully saturated rings. The van der Waals surface area contributed by atoms with Gasteiger partial charge in [-0.3, -0.25) is 4.90 Å². The Kier molecular flexibility index (Phi) is 5.42. The van der Waals surface area contributed by atoms with E-state index in [1.807, 2.05) is 11.8 Å². The number of nitrogens with zero attached hydrogens (tertiary/aromatic N) is 1. The summed E-state index contributed by atoms with van der Waals surface area (Å²) in [7, 11) is 0. The van der Waals surface area contributed by atoms with Gasteiger partial charge >= 0.3 is 0 Å². The van der Waals surface area contributed by atoms with Gasteiger partial charge in [-0.1, -0.05) is 0 Å². The van der Waals surface area contributed by atoms with Gasteiger partial charge in [0.05, 0.1) is 0 Å². The Hall–Kier alpha value is 0.230. The van der Waals surface area contributed by atoms with E-state index in [1.165, 1.54) is 50.5 Å². The van der Waals surface area contributed by atoms with Gasteiger partial charge in [-0.05, 0) is 38.3 Å². The number of rotatable bonds is 4. The zero-order valence-electron chi connectivity index (χ0n) is 10.0. The standard InChI is InChI=1S/C12H24N2OS/c15-7-3-12-10-16-8-6-14(12)9-11-1-4-13-5-2-11/h11-13,15H,1-10H2. The van der Waals surface area contributed by atoms with E-state index in [4.69, 9.17) is 5.11 Å². The molecule has 0 bridgehead atoms. The third-order valence-corrected chi connectivity index (χ3v) is 4.85. The van der Waals surface area contributed by atoms with Crippen molar-refractivity contribution in [2.24, 2.45) is 5.92 Å². The highest BCUT2D eigenvalue weighted by Crippen LogP contribution is 2.22. The average molecular weight is 244 g/mol. The van der Waals surface area contributed by atoms with Crippen LogP contribution in [0.2, 0.25) is 0 Å². The first-order chi connectivity index (χ1) is 7.90. The fraction of sp³-hybridized carbons (Fsp3) is 1.00. The SMILES string of the molecule is OCCC1CSCCN1CC1CCNCC1. The molecule has 0 amide bonds. The van der Waals surface area contributed by atoms with Gasteiger partial charge < -0.3 is 10.4 Å². The maximum atomic E-state index is 9.10. The van der Waals surface area contributed by atoms with Crippen LogP contribution >= 0.6 is 11.8 Å². The highest BCUT2D eigenvalue weighted by molar-refractivity contribution is 7.99.